The minimum absolute atomic E-state index is 0.0807. The Morgan fingerprint density at radius 1 is 0.556 bits per heavy atom. The van der Waals surface area contributed by atoms with Crippen LogP contribution in [0.25, 0.3) is 54.6 Å². The summed E-state index contributed by atoms with van der Waals surface area (Å²) in [6.07, 6.45) is 0. The van der Waals surface area contributed by atoms with Gasteiger partial charge in [-0.1, -0.05) is 86.6 Å². The molecule has 0 unspecified atom stereocenters. The van der Waals surface area contributed by atoms with Gasteiger partial charge in [0, 0.05) is 11.5 Å². The molecule has 0 saturated heterocycles. The number of nitro benzene ring substituents is 1. The molecule has 3 heteroatoms. The third kappa shape index (κ3) is 2.74. The van der Waals surface area contributed by atoms with Crippen LogP contribution in [0.3, 0.4) is 0 Å². The molecule has 1 aliphatic rings. The number of hydrogen-bond donors (Lipinski definition) is 0. The van der Waals surface area contributed by atoms with Crippen molar-refractivity contribution in [2.75, 3.05) is 0 Å². The SMILES string of the molecule is CC1(C)c2ccccc2-c2cc3c4ccccc4c4cc(-c5ccccc5[N+](=O)[O-])ccc4c3cc21. The molecule has 1 aliphatic carbocycles. The molecule has 6 aromatic rings. The fraction of sp³-hybridized carbons (Fsp3) is 0.0909. The van der Waals surface area contributed by atoms with E-state index in [-0.39, 0.29) is 16.0 Å². The topological polar surface area (TPSA) is 43.1 Å². The van der Waals surface area contributed by atoms with E-state index < -0.39 is 0 Å². The predicted octanol–water partition coefficient (Wildman–Crippen LogP) is 9.03. The van der Waals surface area contributed by atoms with Gasteiger partial charge in [-0.15, -0.1) is 0 Å². The number of benzene rings is 6. The van der Waals surface area contributed by atoms with E-state index in [2.05, 4.69) is 86.6 Å². The Hall–Kier alpha value is -4.50. The lowest BCUT2D eigenvalue weighted by atomic mass is 9.81. The number of hydrogen-bond acceptors (Lipinski definition) is 2. The molecule has 172 valence electrons. The smallest absolute Gasteiger partial charge is 0.258 e. The maximum atomic E-state index is 11.7. The lowest BCUT2D eigenvalue weighted by molar-refractivity contribution is -0.384. The van der Waals surface area contributed by atoms with E-state index in [1.165, 1.54) is 43.8 Å². The molecule has 0 amide bonds. The van der Waals surface area contributed by atoms with Gasteiger partial charge in [0.05, 0.1) is 10.5 Å². The summed E-state index contributed by atoms with van der Waals surface area (Å²) in [4.78, 5) is 11.4. The van der Waals surface area contributed by atoms with Gasteiger partial charge >= 0.3 is 0 Å². The van der Waals surface area contributed by atoms with Gasteiger partial charge in [-0.3, -0.25) is 10.1 Å². The van der Waals surface area contributed by atoms with Crippen molar-refractivity contribution in [3.63, 3.8) is 0 Å². The Morgan fingerprint density at radius 3 is 1.89 bits per heavy atom. The minimum Gasteiger partial charge on any atom is -0.258 e. The molecule has 0 N–H and O–H groups in total. The van der Waals surface area contributed by atoms with Crippen molar-refractivity contribution in [1.29, 1.82) is 0 Å². The highest BCUT2D eigenvalue weighted by Crippen LogP contribution is 2.51. The monoisotopic (exact) mass is 465 g/mol. The molecular weight excluding hydrogens is 442 g/mol. The van der Waals surface area contributed by atoms with E-state index in [1.807, 2.05) is 18.2 Å². The van der Waals surface area contributed by atoms with Crippen molar-refractivity contribution in [3.8, 4) is 22.3 Å². The number of fused-ring (bicyclic) bond motifs is 9. The molecular formula is C33H23NO2. The number of para-hydroxylation sites is 1. The normalized spacial score (nSPS) is 13.7. The van der Waals surface area contributed by atoms with Gasteiger partial charge in [0.25, 0.3) is 5.69 Å². The van der Waals surface area contributed by atoms with Crippen LogP contribution in [0, 0.1) is 10.1 Å². The maximum Gasteiger partial charge on any atom is 0.277 e. The quantitative estimate of drug-likeness (QED) is 0.145. The van der Waals surface area contributed by atoms with Crippen LogP contribution in [0.1, 0.15) is 25.0 Å². The summed E-state index contributed by atoms with van der Waals surface area (Å²) < 4.78 is 0. The van der Waals surface area contributed by atoms with Crippen LogP contribution >= 0.6 is 0 Å². The largest absolute Gasteiger partial charge is 0.277 e. The summed E-state index contributed by atoms with van der Waals surface area (Å²) >= 11 is 0. The lowest BCUT2D eigenvalue weighted by Crippen LogP contribution is -2.14. The third-order valence-corrected chi connectivity index (χ3v) is 7.95. The van der Waals surface area contributed by atoms with Crippen molar-refractivity contribution in [2.45, 2.75) is 19.3 Å². The van der Waals surface area contributed by atoms with E-state index in [4.69, 9.17) is 0 Å². The van der Waals surface area contributed by atoms with Crippen LogP contribution in [0.5, 0.6) is 0 Å². The van der Waals surface area contributed by atoms with E-state index in [1.54, 1.807) is 12.1 Å². The Kier molecular flexibility index (Phi) is 4.20. The zero-order valence-electron chi connectivity index (χ0n) is 20.1. The fourth-order valence-corrected chi connectivity index (χ4v) is 6.19. The van der Waals surface area contributed by atoms with Gasteiger partial charge in [0.15, 0.2) is 0 Å². The second-order valence-corrected chi connectivity index (χ2v) is 10.2. The van der Waals surface area contributed by atoms with Gasteiger partial charge in [-0.25, -0.2) is 0 Å². The highest BCUT2D eigenvalue weighted by molar-refractivity contribution is 6.26. The van der Waals surface area contributed by atoms with Crippen molar-refractivity contribution in [2.24, 2.45) is 0 Å². The maximum absolute atomic E-state index is 11.7. The molecule has 0 radical (unpaired) electrons. The average molecular weight is 466 g/mol. The lowest BCUT2D eigenvalue weighted by Gasteiger charge is -2.22. The molecule has 0 fully saturated rings. The molecule has 0 aromatic heterocycles. The van der Waals surface area contributed by atoms with Gasteiger partial charge < -0.3 is 0 Å². The summed E-state index contributed by atoms with van der Waals surface area (Å²) in [5.74, 6) is 0. The van der Waals surface area contributed by atoms with Gasteiger partial charge in [0.2, 0.25) is 0 Å². The molecule has 7 rings (SSSR count). The van der Waals surface area contributed by atoms with E-state index in [0.29, 0.717) is 5.56 Å². The standard InChI is InChI=1S/C33H23NO2/c1-33(2)30-13-7-5-12-25(30)29-18-27-23-11-4-3-10-22(23)26-17-20(15-16-24(26)28(27)19-31(29)33)21-9-6-8-14-32(21)34(35)36/h3-19H,1-2H3. The van der Waals surface area contributed by atoms with Gasteiger partial charge in [-0.2, -0.15) is 0 Å². The third-order valence-electron chi connectivity index (χ3n) is 7.95. The van der Waals surface area contributed by atoms with Crippen LogP contribution in [0.2, 0.25) is 0 Å². The average Bonchev–Trinajstić information content (AvgIpc) is 3.14. The summed E-state index contributed by atoms with van der Waals surface area (Å²) in [6.45, 7) is 4.61. The number of rotatable bonds is 2. The molecule has 0 bridgehead atoms. The molecule has 0 atom stereocenters. The van der Waals surface area contributed by atoms with Crippen molar-refractivity contribution < 1.29 is 4.92 Å². The predicted molar refractivity (Wildman–Crippen MR) is 149 cm³/mol. The zero-order valence-corrected chi connectivity index (χ0v) is 20.1. The summed E-state index contributed by atoms with van der Waals surface area (Å²) in [6, 6.07) is 35.2. The van der Waals surface area contributed by atoms with Crippen LogP contribution in [0.15, 0.2) is 103 Å². The van der Waals surface area contributed by atoms with E-state index in [0.717, 1.165) is 16.3 Å². The zero-order chi connectivity index (χ0) is 24.6. The van der Waals surface area contributed by atoms with Crippen molar-refractivity contribution >= 4 is 38.0 Å². The van der Waals surface area contributed by atoms with Crippen molar-refractivity contribution in [1.82, 2.24) is 0 Å². The van der Waals surface area contributed by atoms with Gasteiger partial charge in [0.1, 0.15) is 0 Å². The van der Waals surface area contributed by atoms with Gasteiger partial charge in [-0.05, 0) is 84.4 Å². The van der Waals surface area contributed by atoms with E-state index >= 15 is 0 Å². The van der Waals surface area contributed by atoms with Crippen LogP contribution < -0.4 is 0 Å². The Morgan fingerprint density at radius 2 is 1.14 bits per heavy atom. The summed E-state index contributed by atoms with van der Waals surface area (Å²) in [5.41, 5.74) is 6.87. The molecule has 6 aromatic carbocycles. The molecule has 36 heavy (non-hydrogen) atoms. The number of nitro groups is 1. The van der Waals surface area contributed by atoms with E-state index in [9.17, 15) is 10.1 Å². The first kappa shape index (κ1) is 20.8. The minimum atomic E-state index is -0.304. The Labute approximate surface area is 208 Å². The fourth-order valence-electron chi connectivity index (χ4n) is 6.19. The Bertz CT molecular complexity index is 1900. The Balaban J connectivity index is 1.60. The highest BCUT2D eigenvalue weighted by atomic mass is 16.6. The summed E-state index contributed by atoms with van der Waals surface area (Å²) in [5, 5.41) is 18.8. The highest BCUT2D eigenvalue weighted by Gasteiger charge is 2.35. The first-order valence-electron chi connectivity index (χ1n) is 12.2. The van der Waals surface area contributed by atoms with Crippen LogP contribution in [-0.4, -0.2) is 4.92 Å². The van der Waals surface area contributed by atoms with Crippen molar-refractivity contribution in [3.05, 3.63) is 124 Å². The van der Waals surface area contributed by atoms with Crippen LogP contribution in [0.4, 0.5) is 5.69 Å². The second-order valence-electron chi connectivity index (χ2n) is 10.2. The molecule has 0 saturated carbocycles. The second kappa shape index (κ2) is 7.25. The molecule has 3 nitrogen and oxygen atoms in total. The first-order chi connectivity index (χ1) is 17.4. The molecule has 0 spiro atoms. The molecule has 0 aliphatic heterocycles. The van der Waals surface area contributed by atoms with Crippen LogP contribution in [-0.2, 0) is 5.41 Å². The molecule has 0 heterocycles. The number of nitrogens with zero attached hydrogens (tertiary/aromatic N) is 1. The summed E-state index contributed by atoms with van der Waals surface area (Å²) in [7, 11) is 0. The first-order valence-corrected chi connectivity index (χ1v) is 12.2.